The molecule has 0 radical (unpaired) electrons. The molecule has 1 nitrogen and oxygen atoms in total. The molecule has 276 valence electrons. The van der Waals surface area contributed by atoms with E-state index in [2.05, 4.69) is 192 Å². The van der Waals surface area contributed by atoms with E-state index < -0.39 is 0 Å². The quantitative estimate of drug-likeness (QED) is 0.164. The molecule has 0 amide bonds. The van der Waals surface area contributed by atoms with Gasteiger partial charge in [-0.25, -0.2) is 0 Å². The molecule has 0 aliphatic heterocycles. The fraction of sp³-hybridized carbons (Fsp3) is 0.123. The van der Waals surface area contributed by atoms with Crippen molar-refractivity contribution >= 4 is 43.5 Å². The minimum atomic E-state index is -0.104. The van der Waals surface area contributed by atoms with Crippen molar-refractivity contribution in [3.63, 3.8) is 0 Å². The van der Waals surface area contributed by atoms with Gasteiger partial charge in [0.2, 0.25) is 0 Å². The summed E-state index contributed by atoms with van der Waals surface area (Å²) >= 11 is 0. The van der Waals surface area contributed by atoms with Crippen LogP contribution in [0.25, 0.3) is 99.1 Å². The molecule has 0 saturated carbocycles. The van der Waals surface area contributed by atoms with E-state index in [4.69, 9.17) is 4.42 Å². The summed E-state index contributed by atoms with van der Waals surface area (Å²) < 4.78 is 6.26. The highest BCUT2D eigenvalue weighted by atomic mass is 16.3. The zero-order valence-electron chi connectivity index (χ0n) is 33.5. The summed E-state index contributed by atoms with van der Waals surface area (Å²) in [5.41, 5.74) is 21.3. The maximum Gasteiger partial charge on any atom is 0.135 e. The van der Waals surface area contributed by atoms with E-state index >= 15 is 0 Å². The predicted molar refractivity (Wildman–Crippen MR) is 245 cm³/mol. The van der Waals surface area contributed by atoms with Crippen molar-refractivity contribution in [2.45, 2.75) is 45.4 Å². The molecule has 0 saturated heterocycles. The molecule has 2 aliphatic rings. The number of aryl methyl sites for hydroxylation is 1. The highest BCUT2D eigenvalue weighted by Gasteiger charge is 2.37. The van der Waals surface area contributed by atoms with Gasteiger partial charge in [0, 0.05) is 21.6 Å². The van der Waals surface area contributed by atoms with E-state index in [0.717, 1.165) is 21.9 Å². The fourth-order valence-electron chi connectivity index (χ4n) is 10.8. The highest BCUT2D eigenvalue weighted by Crippen LogP contribution is 2.54. The minimum absolute atomic E-state index is 0.0960. The third-order valence-corrected chi connectivity index (χ3v) is 13.7. The van der Waals surface area contributed by atoms with Crippen LogP contribution in [-0.4, -0.2) is 0 Å². The number of hydrogen-bond donors (Lipinski definition) is 0. The summed E-state index contributed by atoms with van der Waals surface area (Å²) in [4.78, 5) is 0. The van der Waals surface area contributed by atoms with Crippen LogP contribution in [0.1, 0.15) is 55.5 Å². The lowest BCUT2D eigenvalue weighted by Gasteiger charge is -2.24. The van der Waals surface area contributed by atoms with Crippen LogP contribution in [0.3, 0.4) is 0 Å². The molecule has 0 atom stereocenters. The van der Waals surface area contributed by atoms with E-state index in [1.807, 2.05) is 6.07 Å². The van der Waals surface area contributed by atoms with E-state index in [0.29, 0.717) is 0 Å². The van der Waals surface area contributed by atoms with Gasteiger partial charge in [0.1, 0.15) is 11.2 Å². The molecule has 0 fully saturated rings. The van der Waals surface area contributed by atoms with Crippen LogP contribution in [-0.2, 0) is 10.8 Å². The van der Waals surface area contributed by atoms with Crippen molar-refractivity contribution in [2.75, 3.05) is 0 Å². The summed E-state index contributed by atoms with van der Waals surface area (Å²) in [5.74, 6) is 0. The molecule has 12 rings (SSSR count). The normalized spacial score (nSPS) is 14.6. The largest absolute Gasteiger partial charge is 0.456 e. The molecule has 1 heterocycles. The van der Waals surface area contributed by atoms with Gasteiger partial charge < -0.3 is 4.42 Å². The van der Waals surface area contributed by atoms with Gasteiger partial charge in [-0.1, -0.05) is 161 Å². The van der Waals surface area contributed by atoms with Gasteiger partial charge in [0.25, 0.3) is 0 Å². The van der Waals surface area contributed by atoms with Gasteiger partial charge in [0.05, 0.1) is 0 Å². The Hall–Kier alpha value is -6.70. The molecule has 10 aromatic rings. The molecular formula is C57H42O. The minimum Gasteiger partial charge on any atom is -0.456 e. The Bertz CT molecular complexity index is 3400. The molecule has 0 N–H and O–H groups in total. The Morgan fingerprint density at radius 2 is 0.793 bits per heavy atom. The second kappa shape index (κ2) is 11.7. The summed E-state index contributed by atoms with van der Waals surface area (Å²) in [6.45, 7) is 11.7. The lowest BCUT2D eigenvalue weighted by molar-refractivity contribution is 0.660. The summed E-state index contributed by atoms with van der Waals surface area (Å²) in [5, 5.41) is 7.38. The lowest BCUT2D eigenvalue weighted by Crippen LogP contribution is -2.15. The molecule has 2 aliphatic carbocycles. The van der Waals surface area contributed by atoms with Crippen LogP contribution in [0.5, 0.6) is 0 Å². The summed E-state index contributed by atoms with van der Waals surface area (Å²) in [6.07, 6.45) is 0. The second-order valence-corrected chi connectivity index (χ2v) is 17.7. The van der Waals surface area contributed by atoms with Crippen LogP contribution in [0, 0.1) is 6.92 Å². The molecule has 0 spiro atoms. The molecule has 0 unspecified atom stereocenters. The Labute approximate surface area is 339 Å². The summed E-state index contributed by atoms with van der Waals surface area (Å²) in [6, 6.07) is 61.6. The standard InChI is InChI=1S/C57H42O/c1-33-18-23-43-46(28-33)54(36-20-24-40-38-12-6-9-15-48(38)56(2,3)50(40)31-36)44-26-19-34(35-22-27-53-45(29-35)42-14-8-11-17-52(42)58-53)30-47(44)55(43)37-21-25-41-39-13-7-10-16-49(39)57(4,5)51(41)32-37/h6-32H,1-5H3. The first-order chi connectivity index (χ1) is 28.2. The van der Waals surface area contributed by atoms with Gasteiger partial charge >= 0.3 is 0 Å². The van der Waals surface area contributed by atoms with Crippen LogP contribution in [0.15, 0.2) is 168 Å². The van der Waals surface area contributed by atoms with Crippen molar-refractivity contribution < 1.29 is 4.42 Å². The van der Waals surface area contributed by atoms with Gasteiger partial charge in [-0.2, -0.15) is 0 Å². The molecule has 1 heteroatoms. The van der Waals surface area contributed by atoms with Crippen molar-refractivity contribution in [3.8, 4) is 55.6 Å². The van der Waals surface area contributed by atoms with Crippen molar-refractivity contribution in [1.82, 2.24) is 0 Å². The lowest BCUT2D eigenvalue weighted by atomic mass is 9.79. The first-order valence-corrected chi connectivity index (χ1v) is 20.6. The molecule has 58 heavy (non-hydrogen) atoms. The maximum absolute atomic E-state index is 6.26. The van der Waals surface area contributed by atoms with Crippen LogP contribution >= 0.6 is 0 Å². The number of hydrogen-bond acceptors (Lipinski definition) is 1. The first-order valence-electron chi connectivity index (χ1n) is 20.6. The topological polar surface area (TPSA) is 13.1 Å². The fourth-order valence-corrected chi connectivity index (χ4v) is 10.8. The summed E-state index contributed by atoms with van der Waals surface area (Å²) in [7, 11) is 0. The Balaban J connectivity index is 1.16. The zero-order valence-corrected chi connectivity index (χ0v) is 33.5. The number of benzene rings is 9. The number of para-hydroxylation sites is 1. The molecule has 1 aromatic heterocycles. The number of rotatable bonds is 3. The van der Waals surface area contributed by atoms with Gasteiger partial charge in [-0.15, -0.1) is 0 Å². The average molecular weight is 743 g/mol. The smallest absolute Gasteiger partial charge is 0.135 e. The SMILES string of the molecule is Cc1ccc2c(-c3ccc4c(c3)C(C)(C)c3ccccc3-4)c3cc(-c4ccc5oc6ccccc6c5c4)ccc3c(-c3ccc4c(c3)C(C)(C)c3ccccc3-4)c2c1. The Kier molecular flexibility index (Phi) is 6.74. The van der Waals surface area contributed by atoms with Crippen molar-refractivity contribution in [3.05, 3.63) is 192 Å². The monoisotopic (exact) mass is 742 g/mol. The number of furan rings is 1. The Morgan fingerprint density at radius 1 is 0.328 bits per heavy atom. The number of fused-ring (bicyclic) bond motifs is 11. The maximum atomic E-state index is 6.26. The van der Waals surface area contributed by atoms with E-state index in [-0.39, 0.29) is 10.8 Å². The first kappa shape index (κ1) is 33.4. The van der Waals surface area contributed by atoms with Gasteiger partial charge in [0.15, 0.2) is 0 Å². The van der Waals surface area contributed by atoms with Gasteiger partial charge in [-0.3, -0.25) is 0 Å². The van der Waals surface area contributed by atoms with E-state index in [1.54, 1.807) is 0 Å². The van der Waals surface area contributed by atoms with Crippen LogP contribution in [0.4, 0.5) is 0 Å². The zero-order chi connectivity index (χ0) is 39.1. The van der Waals surface area contributed by atoms with E-state index in [9.17, 15) is 0 Å². The second-order valence-electron chi connectivity index (χ2n) is 17.7. The average Bonchev–Trinajstić information content (AvgIpc) is 3.81. The molecule has 9 aromatic carbocycles. The predicted octanol–water partition coefficient (Wildman–Crippen LogP) is 15.8. The molecule has 0 bridgehead atoms. The Morgan fingerprint density at radius 3 is 1.43 bits per heavy atom. The third kappa shape index (κ3) is 4.53. The third-order valence-electron chi connectivity index (χ3n) is 13.7. The van der Waals surface area contributed by atoms with Gasteiger partial charge in [-0.05, 0) is 143 Å². The van der Waals surface area contributed by atoms with Crippen LogP contribution < -0.4 is 0 Å². The molecular weight excluding hydrogens is 701 g/mol. The van der Waals surface area contributed by atoms with E-state index in [1.165, 1.54) is 105 Å². The van der Waals surface area contributed by atoms with Crippen LogP contribution in [0.2, 0.25) is 0 Å². The van der Waals surface area contributed by atoms with Crippen molar-refractivity contribution in [2.24, 2.45) is 0 Å². The highest BCUT2D eigenvalue weighted by molar-refractivity contribution is 6.22. The van der Waals surface area contributed by atoms with Crippen molar-refractivity contribution in [1.29, 1.82) is 0 Å².